The van der Waals surface area contributed by atoms with E-state index in [1.165, 1.54) is 45.2 Å². The zero-order chi connectivity index (χ0) is 24.1. The van der Waals surface area contributed by atoms with E-state index in [1.807, 2.05) is 0 Å². The second kappa shape index (κ2) is 10.2. The summed E-state index contributed by atoms with van der Waals surface area (Å²) in [6.07, 6.45) is 0. The molecule has 4 aromatic rings. The number of aromatic nitrogens is 5. The van der Waals surface area contributed by atoms with Crippen molar-refractivity contribution in [2.75, 3.05) is 32.4 Å². The zero-order valence-corrected chi connectivity index (χ0v) is 19.2. The molecule has 0 atom stereocenters. The largest absolute Gasteiger partial charge is 0.493 e. The molecule has 13 heteroatoms. The van der Waals surface area contributed by atoms with E-state index >= 15 is 0 Å². The highest BCUT2D eigenvalue weighted by Crippen LogP contribution is 2.41. The lowest BCUT2D eigenvalue weighted by molar-refractivity contribution is 0.324. The highest BCUT2D eigenvalue weighted by molar-refractivity contribution is 7.98. The molecule has 4 rings (SSSR count). The number of halogens is 1. The number of hydrogen-bond donors (Lipinski definition) is 2. The molecule has 2 heterocycles. The molecule has 2 aromatic heterocycles. The smallest absolute Gasteiger partial charge is 0.277 e. The third-order valence-corrected chi connectivity index (χ3v) is 5.26. The molecule has 0 fully saturated rings. The lowest BCUT2D eigenvalue weighted by Crippen LogP contribution is -2.06. The van der Waals surface area contributed by atoms with Gasteiger partial charge >= 0.3 is 0 Å². The third kappa shape index (κ3) is 5.26. The monoisotopic (exact) mass is 485 g/mol. The first-order valence-electron chi connectivity index (χ1n) is 9.78. The second-order valence-corrected chi connectivity index (χ2v) is 7.57. The van der Waals surface area contributed by atoms with Crippen molar-refractivity contribution >= 4 is 29.3 Å². The summed E-state index contributed by atoms with van der Waals surface area (Å²) in [6, 6.07) is 9.20. The molecule has 0 unspecified atom stereocenters. The topological polar surface area (TPSA) is 143 Å². The average molecular weight is 486 g/mol. The molecule has 0 aliphatic carbocycles. The van der Waals surface area contributed by atoms with Gasteiger partial charge in [0.05, 0.1) is 27.1 Å². The van der Waals surface area contributed by atoms with Crippen molar-refractivity contribution in [2.45, 2.75) is 11.0 Å². The van der Waals surface area contributed by atoms with E-state index in [0.717, 1.165) is 0 Å². The normalized spacial score (nSPS) is 10.7. The number of rotatable bonds is 9. The molecule has 0 saturated heterocycles. The van der Waals surface area contributed by atoms with Crippen LogP contribution in [0.15, 0.2) is 46.0 Å². The van der Waals surface area contributed by atoms with Gasteiger partial charge in [-0.1, -0.05) is 11.8 Å². The fourth-order valence-electron chi connectivity index (χ4n) is 2.94. The number of nitrogens with zero attached hydrogens (tertiary/aromatic N) is 5. The van der Waals surface area contributed by atoms with Gasteiger partial charge in [-0.2, -0.15) is 15.0 Å². The maximum Gasteiger partial charge on any atom is 0.277 e. The summed E-state index contributed by atoms with van der Waals surface area (Å²) in [7, 11) is 4.57. The SMILES string of the molecule is COc1cc(-c2nnc(SCc3nc(N)nc(Nc4ccc(F)cc4)n3)o2)cc(OC)c1OC. The standard InChI is InChI=1S/C21H20FN7O4S/c1-30-14-8-11(9-15(31-2)17(14)32-3)18-28-29-21(33-18)34-10-16-25-19(23)27-20(26-16)24-13-6-4-12(22)5-7-13/h4-9H,10H2,1-3H3,(H3,23,24,25,26,27). The molecule has 34 heavy (non-hydrogen) atoms. The van der Waals surface area contributed by atoms with E-state index in [9.17, 15) is 4.39 Å². The molecule has 0 amide bonds. The maximum absolute atomic E-state index is 13.1. The van der Waals surface area contributed by atoms with E-state index in [2.05, 4.69) is 30.5 Å². The summed E-state index contributed by atoms with van der Waals surface area (Å²) >= 11 is 1.23. The van der Waals surface area contributed by atoms with Crippen molar-refractivity contribution in [3.63, 3.8) is 0 Å². The Bertz CT molecular complexity index is 1260. The van der Waals surface area contributed by atoms with E-state index in [0.29, 0.717) is 45.3 Å². The number of benzene rings is 2. The fraction of sp³-hybridized carbons (Fsp3) is 0.190. The first kappa shape index (κ1) is 23.0. The summed E-state index contributed by atoms with van der Waals surface area (Å²) in [5, 5.41) is 11.4. The first-order chi connectivity index (χ1) is 16.5. The van der Waals surface area contributed by atoms with Crippen LogP contribution in [0.3, 0.4) is 0 Å². The molecule has 0 aliphatic rings. The quantitative estimate of drug-likeness (QED) is 0.334. The van der Waals surface area contributed by atoms with Gasteiger partial charge in [-0.15, -0.1) is 10.2 Å². The van der Waals surface area contributed by atoms with Gasteiger partial charge < -0.3 is 29.7 Å². The number of nitrogens with two attached hydrogens (primary N) is 1. The van der Waals surface area contributed by atoms with Crippen molar-refractivity contribution in [1.82, 2.24) is 25.1 Å². The number of thioether (sulfide) groups is 1. The van der Waals surface area contributed by atoms with Crippen molar-refractivity contribution in [2.24, 2.45) is 0 Å². The van der Waals surface area contributed by atoms with Gasteiger partial charge in [0.1, 0.15) is 11.6 Å². The Balaban J connectivity index is 1.48. The summed E-state index contributed by atoms with van der Waals surface area (Å²) in [5.41, 5.74) is 7.02. The predicted octanol–water partition coefficient (Wildman–Crippen LogP) is 3.70. The van der Waals surface area contributed by atoms with Crippen LogP contribution >= 0.6 is 11.8 Å². The molecule has 0 aliphatic heterocycles. The van der Waals surface area contributed by atoms with Crippen LogP contribution < -0.4 is 25.3 Å². The van der Waals surface area contributed by atoms with Gasteiger partial charge in [-0.3, -0.25) is 0 Å². The summed E-state index contributed by atoms with van der Waals surface area (Å²) in [5.74, 6) is 2.28. The van der Waals surface area contributed by atoms with Gasteiger partial charge in [-0.05, 0) is 36.4 Å². The van der Waals surface area contributed by atoms with Crippen LogP contribution in [0.4, 0.5) is 22.0 Å². The van der Waals surface area contributed by atoms with Crippen molar-refractivity contribution < 1.29 is 23.0 Å². The van der Waals surface area contributed by atoms with Crippen LogP contribution in [0, 0.1) is 5.82 Å². The van der Waals surface area contributed by atoms with Crippen LogP contribution in [0.25, 0.3) is 11.5 Å². The minimum absolute atomic E-state index is 0.0406. The minimum atomic E-state index is -0.344. The van der Waals surface area contributed by atoms with Crippen LogP contribution in [0.5, 0.6) is 17.2 Å². The predicted molar refractivity (Wildman–Crippen MR) is 123 cm³/mol. The van der Waals surface area contributed by atoms with Crippen LogP contribution in [0.2, 0.25) is 0 Å². The minimum Gasteiger partial charge on any atom is -0.493 e. The van der Waals surface area contributed by atoms with E-state index in [4.69, 9.17) is 24.4 Å². The van der Waals surface area contributed by atoms with Crippen molar-refractivity contribution in [3.05, 3.63) is 48.0 Å². The van der Waals surface area contributed by atoms with Crippen LogP contribution in [0.1, 0.15) is 5.82 Å². The molecule has 0 saturated carbocycles. The Morgan fingerprint density at radius 1 is 0.971 bits per heavy atom. The Labute approximate surface area is 197 Å². The second-order valence-electron chi connectivity index (χ2n) is 6.64. The van der Waals surface area contributed by atoms with Gasteiger partial charge in [0.2, 0.25) is 23.5 Å². The van der Waals surface area contributed by atoms with Crippen LogP contribution in [-0.2, 0) is 5.75 Å². The Hall–Kier alpha value is -4.13. The number of nitrogens with one attached hydrogen (secondary N) is 1. The summed E-state index contributed by atoms with van der Waals surface area (Å²) < 4.78 is 34.9. The van der Waals surface area contributed by atoms with E-state index < -0.39 is 0 Å². The summed E-state index contributed by atoms with van der Waals surface area (Å²) in [6.45, 7) is 0. The molecule has 176 valence electrons. The van der Waals surface area contributed by atoms with E-state index in [-0.39, 0.29) is 23.6 Å². The average Bonchev–Trinajstić information content (AvgIpc) is 3.32. The molecule has 0 bridgehead atoms. The fourth-order valence-corrected chi connectivity index (χ4v) is 3.55. The van der Waals surface area contributed by atoms with Crippen molar-refractivity contribution in [3.8, 4) is 28.7 Å². The lowest BCUT2D eigenvalue weighted by atomic mass is 10.2. The van der Waals surface area contributed by atoms with Gasteiger partial charge in [0.25, 0.3) is 5.22 Å². The third-order valence-electron chi connectivity index (χ3n) is 4.44. The summed E-state index contributed by atoms with van der Waals surface area (Å²) in [4.78, 5) is 12.5. The Morgan fingerprint density at radius 3 is 2.32 bits per heavy atom. The highest BCUT2D eigenvalue weighted by Gasteiger charge is 2.18. The van der Waals surface area contributed by atoms with Gasteiger partial charge in [0.15, 0.2) is 11.5 Å². The molecular weight excluding hydrogens is 465 g/mol. The molecule has 2 aromatic carbocycles. The van der Waals surface area contributed by atoms with Gasteiger partial charge in [-0.25, -0.2) is 4.39 Å². The number of nitrogen functional groups attached to an aromatic ring is 1. The number of anilines is 3. The van der Waals surface area contributed by atoms with Gasteiger partial charge in [0, 0.05) is 11.3 Å². The number of ether oxygens (including phenoxy) is 3. The lowest BCUT2D eigenvalue weighted by Gasteiger charge is -2.12. The number of hydrogen-bond acceptors (Lipinski definition) is 12. The number of methoxy groups -OCH3 is 3. The Morgan fingerprint density at radius 2 is 1.68 bits per heavy atom. The molecule has 0 spiro atoms. The van der Waals surface area contributed by atoms with Crippen LogP contribution in [-0.4, -0.2) is 46.5 Å². The molecule has 11 nitrogen and oxygen atoms in total. The maximum atomic E-state index is 13.1. The first-order valence-corrected chi connectivity index (χ1v) is 10.8. The molecular formula is C21H20FN7O4S. The molecule has 0 radical (unpaired) electrons. The van der Waals surface area contributed by atoms with E-state index in [1.54, 1.807) is 24.3 Å². The highest BCUT2D eigenvalue weighted by atomic mass is 32.2. The molecule has 3 N–H and O–H groups in total. The zero-order valence-electron chi connectivity index (χ0n) is 18.4. The Kier molecular flexibility index (Phi) is 6.92. The van der Waals surface area contributed by atoms with Crippen molar-refractivity contribution in [1.29, 1.82) is 0 Å².